The molecule has 2 aliphatic rings. The second-order valence-electron chi connectivity index (χ2n) is 8.08. The third-order valence-corrected chi connectivity index (χ3v) is 7.39. The number of halogens is 1. The summed E-state index contributed by atoms with van der Waals surface area (Å²) < 4.78 is 2.57. The van der Waals surface area contributed by atoms with E-state index in [-0.39, 0.29) is 11.6 Å². The molecule has 6 rings (SSSR count). The topological polar surface area (TPSA) is 34.4 Å². The first-order valence-electron chi connectivity index (χ1n) is 10.6. The summed E-state index contributed by atoms with van der Waals surface area (Å²) in [6.45, 7) is 0. The first-order chi connectivity index (χ1) is 15.7. The lowest BCUT2D eigenvalue weighted by Gasteiger charge is -2.30. The fourth-order valence-electron chi connectivity index (χ4n) is 4.67. The van der Waals surface area contributed by atoms with E-state index in [2.05, 4.69) is 24.3 Å². The van der Waals surface area contributed by atoms with Gasteiger partial charge in [0, 0.05) is 10.6 Å². The quantitative estimate of drug-likeness (QED) is 0.421. The van der Waals surface area contributed by atoms with Crippen LogP contribution in [-0.4, -0.2) is 4.57 Å². The molecule has 1 aliphatic heterocycles. The second-order valence-corrected chi connectivity index (χ2v) is 9.52. The maximum Gasteiger partial charge on any atom is 0.271 e. The van der Waals surface area contributed by atoms with Crippen LogP contribution in [0.4, 0.5) is 0 Å². The van der Waals surface area contributed by atoms with Gasteiger partial charge in [0.05, 0.1) is 16.3 Å². The summed E-state index contributed by atoms with van der Waals surface area (Å²) in [4.78, 5) is 19.4. The van der Waals surface area contributed by atoms with Crippen molar-refractivity contribution in [3.63, 3.8) is 0 Å². The van der Waals surface area contributed by atoms with E-state index in [0.29, 0.717) is 9.55 Å². The Morgan fingerprint density at radius 2 is 1.69 bits per heavy atom. The largest absolute Gasteiger partial charge is 0.272 e. The van der Waals surface area contributed by atoms with Crippen LogP contribution in [0, 0.1) is 0 Å². The SMILES string of the molecule is O=c1/c(=C\c2ccccc2)sc2n1[C@@H](c1ccc(Cl)cc1)C1=C(N=2)c2ccccc2CC1. The van der Waals surface area contributed by atoms with Crippen LogP contribution < -0.4 is 14.9 Å². The first kappa shape index (κ1) is 19.5. The molecule has 3 aromatic carbocycles. The Kier molecular flexibility index (Phi) is 4.71. The average molecular weight is 455 g/mol. The van der Waals surface area contributed by atoms with Crippen molar-refractivity contribution < 1.29 is 0 Å². The third-order valence-electron chi connectivity index (χ3n) is 6.16. The number of aryl methyl sites for hydroxylation is 1. The average Bonchev–Trinajstić information content (AvgIpc) is 3.13. The predicted octanol–water partition coefficient (Wildman–Crippen LogP) is 4.97. The van der Waals surface area contributed by atoms with Gasteiger partial charge < -0.3 is 0 Å². The van der Waals surface area contributed by atoms with E-state index in [0.717, 1.165) is 34.5 Å². The highest BCUT2D eigenvalue weighted by Gasteiger charge is 2.32. The number of allylic oxidation sites excluding steroid dienone is 1. The van der Waals surface area contributed by atoms with Gasteiger partial charge in [0.15, 0.2) is 4.80 Å². The van der Waals surface area contributed by atoms with E-state index in [1.165, 1.54) is 28.0 Å². The molecule has 0 saturated heterocycles. The molecule has 0 amide bonds. The number of aromatic nitrogens is 1. The van der Waals surface area contributed by atoms with E-state index >= 15 is 0 Å². The lowest BCUT2D eigenvalue weighted by atomic mass is 9.83. The Balaban J connectivity index is 1.64. The first-order valence-corrected chi connectivity index (χ1v) is 11.8. The Morgan fingerprint density at radius 1 is 0.938 bits per heavy atom. The molecule has 156 valence electrons. The van der Waals surface area contributed by atoms with Gasteiger partial charge in [0.2, 0.25) is 0 Å². The zero-order chi connectivity index (χ0) is 21.7. The lowest BCUT2D eigenvalue weighted by molar-refractivity contribution is 0.585. The van der Waals surface area contributed by atoms with Gasteiger partial charge in [-0.3, -0.25) is 9.36 Å². The van der Waals surface area contributed by atoms with Gasteiger partial charge in [-0.1, -0.05) is 89.7 Å². The number of rotatable bonds is 2. The summed E-state index contributed by atoms with van der Waals surface area (Å²) >= 11 is 7.64. The Hall–Kier alpha value is -3.21. The lowest BCUT2D eigenvalue weighted by Crippen LogP contribution is -2.38. The molecule has 0 unspecified atom stereocenters. The molecule has 4 aromatic rings. The zero-order valence-electron chi connectivity index (χ0n) is 17.2. The summed E-state index contributed by atoms with van der Waals surface area (Å²) in [5.74, 6) is 0. The van der Waals surface area contributed by atoms with Crippen LogP contribution in [0.1, 0.15) is 34.7 Å². The third kappa shape index (κ3) is 3.19. The van der Waals surface area contributed by atoms with Crippen molar-refractivity contribution in [3.8, 4) is 0 Å². The summed E-state index contributed by atoms with van der Waals surface area (Å²) in [5, 5.41) is 0.688. The molecule has 32 heavy (non-hydrogen) atoms. The van der Waals surface area contributed by atoms with Gasteiger partial charge in [0.25, 0.3) is 5.56 Å². The van der Waals surface area contributed by atoms with Gasteiger partial charge in [0.1, 0.15) is 0 Å². The van der Waals surface area contributed by atoms with Crippen molar-refractivity contribution >= 4 is 34.7 Å². The van der Waals surface area contributed by atoms with Gasteiger partial charge in [-0.2, -0.15) is 0 Å². The zero-order valence-corrected chi connectivity index (χ0v) is 18.7. The van der Waals surface area contributed by atoms with Crippen LogP contribution >= 0.6 is 22.9 Å². The van der Waals surface area contributed by atoms with Crippen molar-refractivity contribution in [2.75, 3.05) is 0 Å². The molecule has 1 atom stereocenters. The Labute approximate surface area is 194 Å². The number of benzene rings is 3. The molecule has 0 bridgehead atoms. The number of nitrogens with zero attached hydrogens (tertiary/aromatic N) is 2. The van der Waals surface area contributed by atoms with Gasteiger partial charge in [-0.25, -0.2) is 4.99 Å². The van der Waals surface area contributed by atoms with Crippen molar-refractivity contribution in [1.82, 2.24) is 4.57 Å². The van der Waals surface area contributed by atoms with Crippen LogP contribution in [0.15, 0.2) is 94.2 Å². The molecular formula is C27H19ClN2OS. The summed E-state index contributed by atoms with van der Waals surface area (Å²) in [6.07, 6.45) is 3.79. The smallest absolute Gasteiger partial charge is 0.271 e. The Morgan fingerprint density at radius 3 is 2.50 bits per heavy atom. The molecule has 5 heteroatoms. The normalized spacial score (nSPS) is 17.4. The molecule has 0 saturated carbocycles. The minimum absolute atomic E-state index is 0.00274. The van der Waals surface area contributed by atoms with Crippen molar-refractivity contribution in [2.45, 2.75) is 18.9 Å². The maximum atomic E-state index is 13.6. The van der Waals surface area contributed by atoms with Crippen molar-refractivity contribution in [2.24, 2.45) is 4.99 Å². The molecule has 1 aliphatic carbocycles. The van der Waals surface area contributed by atoms with E-state index < -0.39 is 0 Å². The van der Waals surface area contributed by atoms with Crippen LogP contribution in [0.2, 0.25) is 5.02 Å². The van der Waals surface area contributed by atoms with Crippen molar-refractivity contribution in [1.29, 1.82) is 0 Å². The standard InChI is InChI=1S/C27H19ClN2OS/c28-20-13-10-19(11-14-20)25-22-15-12-18-8-4-5-9-21(18)24(22)29-27-30(25)26(31)23(32-27)16-17-6-2-1-3-7-17/h1-11,13-14,16,25H,12,15H2/b23-16+/t25-/m0/s1. The molecule has 2 heterocycles. The summed E-state index contributed by atoms with van der Waals surface area (Å²) in [6, 6.07) is 26.1. The molecule has 0 N–H and O–H groups in total. The fraction of sp³-hybridized carbons (Fsp3) is 0.111. The predicted molar refractivity (Wildman–Crippen MR) is 131 cm³/mol. The minimum atomic E-state index is -0.176. The number of fused-ring (bicyclic) bond motifs is 3. The second kappa shape index (κ2) is 7.73. The Bertz CT molecular complexity index is 1550. The van der Waals surface area contributed by atoms with E-state index in [4.69, 9.17) is 16.6 Å². The number of hydrogen-bond donors (Lipinski definition) is 0. The molecule has 0 fully saturated rings. The van der Waals surface area contributed by atoms with E-state index in [1.807, 2.05) is 65.2 Å². The van der Waals surface area contributed by atoms with Crippen LogP contribution in [0.3, 0.4) is 0 Å². The summed E-state index contributed by atoms with van der Waals surface area (Å²) in [7, 11) is 0. The fourth-order valence-corrected chi connectivity index (χ4v) is 5.80. The van der Waals surface area contributed by atoms with Crippen LogP contribution in [-0.2, 0) is 6.42 Å². The monoisotopic (exact) mass is 454 g/mol. The highest BCUT2D eigenvalue weighted by Crippen LogP contribution is 2.41. The molecule has 3 nitrogen and oxygen atoms in total. The van der Waals surface area contributed by atoms with Crippen LogP contribution in [0.5, 0.6) is 0 Å². The van der Waals surface area contributed by atoms with Gasteiger partial charge >= 0.3 is 0 Å². The highest BCUT2D eigenvalue weighted by molar-refractivity contribution is 7.07. The maximum absolute atomic E-state index is 13.6. The van der Waals surface area contributed by atoms with Gasteiger partial charge in [-0.05, 0) is 53.3 Å². The summed E-state index contributed by atoms with van der Waals surface area (Å²) in [5.41, 5.74) is 6.77. The molecule has 1 aromatic heterocycles. The highest BCUT2D eigenvalue weighted by atomic mass is 35.5. The minimum Gasteiger partial charge on any atom is -0.272 e. The molecule has 0 spiro atoms. The molecule has 0 radical (unpaired) electrons. The van der Waals surface area contributed by atoms with Crippen LogP contribution in [0.25, 0.3) is 11.8 Å². The van der Waals surface area contributed by atoms with Gasteiger partial charge in [-0.15, -0.1) is 0 Å². The van der Waals surface area contributed by atoms with E-state index in [1.54, 1.807) is 0 Å². The number of thiazole rings is 1. The van der Waals surface area contributed by atoms with Crippen molar-refractivity contribution in [3.05, 3.63) is 131 Å². The molecular weight excluding hydrogens is 436 g/mol. The number of hydrogen-bond acceptors (Lipinski definition) is 3. The van der Waals surface area contributed by atoms with E-state index in [9.17, 15) is 4.79 Å².